The van der Waals surface area contributed by atoms with Gasteiger partial charge in [-0.2, -0.15) is 0 Å². The van der Waals surface area contributed by atoms with Crippen LogP contribution in [0.5, 0.6) is 23.1 Å². The maximum Gasteiger partial charge on any atom is 0.239 e. The minimum absolute atomic E-state index is 0.405. The lowest BCUT2D eigenvalue weighted by atomic mass is 10.2. The summed E-state index contributed by atoms with van der Waals surface area (Å²) in [6.45, 7) is 2.04. The first-order chi connectivity index (χ1) is 11.8. The highest BCUT2D eigenvalue weighted by Crippen LogP contribution is 2.26. The number of nitrogens with zero attached hydrogens (tertiary/aromatic N) is 5. The topological polar surface area (TPSA) is 74.4 Å². The molecular weight excluding hydrogens is 306 g/mol. The van der Waals surface area contributed by atoms with Crippen molar-refractivity contribution in [2.45, 2.75) is 6.92 Å². The van der Waals surface area contributed by atoms with Gasteiger partial charge in [0.05, 0.1) is 0 Å². The highest BCUT2D eigenvalue weighted by Gasteiger charge is 2.04. The SMILES string of the molecule is Cc1ccc(Oc2ccc(Oc3ccc4nnnn4n3)cc2)cc1. The van der Waals surface area contributed by atoms with Crippen LogP contribution in [0.3, 0.4) is 0 Å². The number of hydrogen-bond acceptors (Lipinski definition) is 6. The van der Waals surface area contributed by atoms with Crippen molar-refractivity contribution in [2.75, 3.05) is 0 Å². The molecular formula is C17H13N5O2. The first-order valence-corrected chi connectivity index (χ1v) is 7.34. The van der Waals surface area contributed by atoms with Crippen LogP contribution in [0.15, 0.2) is 60.7 Å². The maximum atomic E-state index is 5.78. The Labute approximate surface area is 137 Å². The van der Waals surface area contributed by atoms with Crippen LogP contribution in [0.4, 0.5) is 0 Å². The van der Waals surface area contributed by atoms with Gasteiger partial charge in [0.2, 0.25) is 5.88 Å². The summed E-state index contributed by atoms with van der Waals surface area (Å²) in [7, 11) is 0. The van der Waals surface area contributed by atoms with E-state index in [9.17, 15) is 0 Å². The summed E-state index contributed by atoms with van der Waals surface area (Å²) < 4.78 is 12.8. The predicted molar refractivity (Wildman–Crippen MR) is 86.3 cm³/mol. The Kier molecular flexibility index (Phi) is 3.51. The van der Waals surface area contributed by atoms with E-state index in [0.717, 1.165) is 11.5 Å². The monoisotopic (exact) mass is 319 g/mol. The number of fused-ring (bicyclic) bond motifs is 1. The van der Waals surface area contributed by atoms with Gasteiger partial charge >= 0.3 is 0 Å². The average molecular weight is 319 g/mol. The first kappa shape index (κ1) is 14.1. The number of aromatic nitrogens is 5. The average Bonchev–Trinajstić information content (AvgIpc) is 3.06. The Morgan fingerprint density at radius 1 is 0.750 bits per heavy atom. The van der Waals surface area contributed by atoms with E-state index in [0.29, 0.717) is 17.3 Å². The van der Waals surface area contributed by atoms with E-state index in [2.05, 4.69) is 20.6 Å². The van der Waals surface area contributed by atoms with Gasteiger partial charge < -0.3 is 9.47 Å². The fourth-order valence-electron chi connectivity index (χ4n) is 2.13. The summed E-state index contributed by atoms with van der Waals surface area (Å²) in [6.07, 6.45) is 0. The molecule has 24 heavy (non-hydrogen) atoms. The molecule has 0 fully saturated rings. The normalized spacial score (nSPS) is 10.7. The van der Waals surface area contributed by atoms with Crippen LogP contribution in [-0.4, -0.2) is 25.3 Å². The van der Waals surface area contributed by atoms with E-state index in [-0.39, 0.29) is 0 Å². The molecule has 0 radical (unpaired) electrons. The van der Waals surface area contributed by atoms with Crippen molar-refractivity contribution >= 4 is 5.65 Å². The van der Waals surface area contributed by atoms with Crippen LogP contribution >= 0.6 is 0 Å². The van der Waals surface area contributed by atoms with E-state index < -0.39 is 0 Å². The van der Waals surface area contributed by atoms with Crippen molar-refractivity contribution in [3.05, 3.63) is 66.2 Å². The van der Waals surface area contributed by atoms with Crippen LogP contribution < -0.4 is 9.47 Å². The largest absolute Gasteiger partial charge is 0.457 e. The van der Waals surface area contributed by atoms with E-state index in [4.69, 9.17) is 9.47 Å². The number of rotatable bonds is 4. The zero-order valence-electron chi connectivity index (χ0n) is 12.8. The second-order valence-electron chi connectivity index (χ2n) is 5.19. The van der Waals surface area contributed by atoms with Crippen LogP contribution in [0, 0.1) is 6.92 Å². The molecule has 118 valence electrons. The zero-order chi connectivity index (χ0) is 16.4. The summed E-state index contributed by atoms with van der Waals surface area (Å²) in [5, 5.41) is 15.2. The lowest BCUT2D eigenvalue weighted by molar-refractivity contribution is 0.443. The Morgan fingerprint density at radius 2 is 1.38 bits per heavy atom. The zero-order valence-corrected chi connectivity index (χ0v) is 12.8. The summed E-state index contributed by atoms with van der Waals surface area (Å²) in [6, 6.07) is 18.6. The number of benzene rings is 2. The number of ether oxygens (including phenoxy) is 2. The summed E-state index contributed by atoms with van der Waals surface area (Å²) >= 11 is 0. The summed E-state index contributed by atoms with van der Waals surface area (Å²) in [5.41, 5.74) is 1.75. The van der Waals surface area contributed by atoms with E-state index in [1.807, 2.05) is 55.5 Å². The molecule has 0 aliphatic rings. The van der Waals surface area contributed by atoms with Crippen LogP contribution in [0.25, 0.3) is 5.65 Å². The molecule has 0 atom stereocenters. The van der Waals surface area contributed by atoms with Crippen molar-refractivity contribution in [2.24, 2.45) is 0 Å². The van der Waals surface area contributed by atoms with Gasteiger partial charge in [-0.25, -0.2) is 0 Å². The Morgan fingerprint density at radius 3 is 2.08 bits per heavy atom. The van der Waals surface area contributed by atoms with E-state index >= 15 is 0 Å². The molecule has 0 bridgehead atoms. The predicted octanol–water partition coefficient (Wildman–Crippen LogP) is 3.41. The fraction of sp³-hybridized carbons (Fsp3) is 0.0588. The van der Waals surface area contributed by atoms with Gasteiger partial charge in [-0.05, 0) is 59.8 Å². The molecule has 0 N–H and O–H groups in total. The van der Waals surface area contributed by atoms with Crippen molar-refractivity contribution in [3.63, 3.8) is 0 Å². The highest BCUT2D eigenvalue weighted by atomic mass is 16.5. The van der Waals surface area contributed by atoms with Crippen molar-refractivity contribution < 1.29 is 9.47 Å². The highest BCUT2D eigenvalue weighted by molar-refractivity contribution is 5.39. The maximum absolute atomic E-state index is 5.78. The second kappa shape index (κ2) is 5.96. The van der Waals surface area contributed by atoms with Crippen LogP contribution in [0.1, 0.15) is 5.56 Å². The van der Waals surface area contributed by atoms with E-state index in [1.54, 1.807) is 12.1 Å². The molecule has 4 aromatic rings. The minimum atomic E-state index is 0.405. The smallest absolute Gasteiger partial charge is 0.239 e. The second-order valence-corrected chi connectivity index (χ2v) is 5.19. The van der Waals surface area contributed by atoms with Crippen LogP contribution in [0.2, 0.25) is 0 Å². The van der Waals surface area contributed by atoms with Crippen molar-refractivity contribution in [3.8, 4) is 23.1 Å². The van der Waals surface area contributed by atoms with Crippen LogP contribution in [-0.2, 0) is 0 Å². The molecule has 0 unspecified atom stereocenters. The molecule has 0 aliphatic heterocycles. The quantitative estimate of drug-likeness (QED) is 0.574. The van der Waals surface area contributed by atoms with Gasteiger partial charge in [-0.1, -0.05) is 17.7 Å². The molecule has 0 aliphatic carbocycles. The molecule has 7 heteroatoms. The number of aryl methyl sites for hydroxylation is 1. The molecule has 0 saturated heterocycles. The number of hydrogen-bond donors (Lipinski definition) is 0. The molecule has 2 aromatic heterocycles. The Bertz CT molecular complexity index is 964. The lowest BCUT2D eigenvalue weighted by Crippen LogP contribution is -1.97. The minimum Gasteiger partial charge on any atom is -0.457 e. The third kappa shape index (κ3) is 3.00. The third-order valence-corrected chi connectivity index (χ3v) is 3.35. The van der Waals surface area contributed by atoms with Crippen molar-refractivity contribution in [1.82, 2.24) is 25.3 Å². The molecule has 2 heterocycles. The van der Waals surface area contributed by atoms with Gasteiger partial charge in [-0.15, -0.1) is 14.8 Å². The Balaban J connectivity index is 1.47. The lowest BCUT2D eigenvalue weighted by Gasteiger charge is -2.08. The van der Waals surface area contributed by atoms with Gasteiger partial charge in [0.1, 0.15) is 17.2 Å². The first-order valence-electron chi connectivity index (χ1n) is 7.34. The molecule has 2 aromatic carbocycles. The van der Waals surface area contributed by atoms with Gasteiger partial charge in [-0.3, -0.25) is 0 Å². The van der Waals surface area contributed by atoms with Gasteiger partial charge in [0, 0.05) is 6.07 Å². The molecule has 0 amide bonds. The van der Waals surface area contributed by atoms with Gasteiger partial charge in [0.15, 0.2) is 5.65 Å². The molecule has 0 saturated carbocycles. The standard InChI is InChI=1S/C17H13N5O2/c1-12-2-4-13(5-3-12)23-14-6-8-15(9-7-14)24-17-11-10-16-18-20-21-22(16)19-17/h2-11H,1H3. The molecule has 7 nitrogen and oxygen atoms in total. The van der Waals surface area contributed by atoms with E-state index in [1.165, 1.54) is 10.2 Å². The third-order valence-electron chi connectivity index (χ3n) is 3.35. The van der Waals surface area contributed by atoms with Crippen molar-refractivity contribution in [1.29, 1.82) is 0 Å². The summed E-state index contributed by atoms with van der Waals surface area (Å²) in [4.78, 5) is 0. The summed E-state index contributed by atoms with van der Waals surface area (Å²) in [5.74, 6) is 2.57. The number of tetrazole rings is 1. The van der Waals surface area contributed by atoms with Gasteiger partial charge in [0.25, 0.3) is 0 Å². The fourth-order valence-corrected chi connectivity index (χ4v) is 2.13. The Hall–Kier alpha value is -3.48. The molecule has 4 rings (SSSR count). The molecule has 0 spiro atoms.